The molecule has 1 unspecified atom stereocenters. The summed E-state index contributed by atoms with van der Waals surface area (Å²) in [7, 11) is 0. The third-order valence-electron chi connectivity index (χ3n) is 2.03. The van der Waals surface area contributed by atoms with Crippen LogP contribution in [-0.2, 0) is 9.47 Å². The first-order valence-electron chi connectivity index (χ1n) is 4.45. The van der Waals surface area contributed by atoms with Crippen LogP contribution in [0.5, 0.6) is 0 Å². The van der Waals surface area contributed by atoms with Crippen molar-refractivity contribution in [2.45, 2.75) is 25.2 Å². The standard InChI is InChI=1S/C10H16O3/c1-3-9(11)8(2)4-5-10-12-6-7-13-10/h3,9-11H,1-2,4-7H2. The Morgan fingerprint density at radius 3 is 2.69 bits per heavy atom. The van der Waals surface area contributed by atoms with Gasteiger partial charge in [0.05, 0.1) is 19.3 Å². The van der Waals surface area contributed by atoms with E-state index in [0.717, 1.165) is 12.0 Å². The van der Waals surface area contributed by atoms with Crippen LogP contribution in [0.4, 0.5) is 0 Å². The first-order chi connectivity index (χ1) is 6.24. The van der Waals surface area contributed by atoms with Gasteiger partial charge in [-0.15, -0.1) is 6.58 Å². The molecule has 0 aromatic heterocycles. The third kappa shape index (κ3) is 3.30. The lowest BCUT2D eigenvalue weighted by atomic mass is 10.1. The second kappa shape index (κ2) is 5.17. The molecule has 1 saturated heterocycles. The minimum Gasteiger partial charge on any atom is -0.385 e. The number of aliphatic hydroxyl groups excluding tert-OH is 1. The molecule has 74 valence electrons. The zero-order valence-corrected chi connectivity index (χ0v) is 7.74. The second-order valence-corrected chi connectivity index (χ2v) is 3.05. The predicted molar refractivity (Wildman–Crippen MR) is 50.3 cm³/mol. The highest BCUT2D eigenvalue weighted by molar-refractivity contribution is 5.08. The van der Waals surface area contributed by atoms with E-state index in [1.807, 2.05) is 0 Å². The Morgan fingerprint density at radius 1 is 1.54 bits per heavy atom. The normalized spacial score (nSPS) is 20.1. The first-order valence-corrected chi connectivity index (χ1v) is 4.45. The Hall–Kier alpha value is -0.640. The Labute approximate surface area is 78.7 Å². The molecular weight excluding hydrogens is 168 g/mol. The molecule has 0 aliphatic carbocycles. The van der Waals surface area contributed by atoms with Gasteiger partial charge >= 0.3 is 0 Å². The Kier molecular flexibility index (Phi) is 4.15. The van der Waals surface area contributed by atoms with E-state index < -0.39 is 6.10 Å². The quantitative estimate of drug-likeness (QED) is 0.653. The summed E-state index contributed by atoms with van der Waals surface area (Å²) in [6.07, 6.45) is 2.20. The van der Waals surface area contributed by atoms with Gasteiger partial charge in [0.1, 0.15) is 0 Å². The smallest absolute Gasteiger partial charge is 0.158 e. The molecule has 0 amide bonds. The molecule has 3 heteroatoms. The zero-order valence-electron chi connectivity index (χ0n) is 7.74. The Balaban J connectivity index is 2.17. The summed E-state index contributed by atoms with van der Waals surface area (Å²) in [5.41, 5.74) is 0.758. The molecule has 0 aromatic rings. The molecule has 1 heterocycles. The number of ether oxygens (including phenoxy) is 2. The lowest BCUT2D eigenvalue weighted by Crippen LogP contribution is -2.11. The summed E-state index contributed by atoms with van der Waals surface area (Å²) >= 11 is 0. The van der Waals surface area contributed by atoms with E-state index >= 15 is 0 Å². The molecule has 0 radical (unpaired) electrons. The summed E-state index contributed by atoms with van der Waals surface area (Å²) in [5, 5.41) is 9.30. The molecule has 1 aliphatic heterocycles. The molecule has 1 rings (SSSR count). The van der Waals surface area contributed by atoms with Crippen LogP contribution in [0.3, 0.4) is 0 Å². The lowest BCUT2D eigenvalue weighted by molar-refractivity contribution is -0.0466. The Bertz CT molecular complexity index is 183. The van der Waals surface area contributed by atoms with Gasteiger partial charge in [-0.3, -0.25) is 0 Å². The van der Waals surface area contributed by atoms with Crippen molar-refractivity contribution >= 4 is 0 Å². The van der Waals surface area contributed by atoms with E-state index in [1.54, 1.807) is 0 Å². The number of aliphatic hydroxyl groups is 1. The summed E-state index contributed by atoms with van der Waals surface area (Å²) in [4.78, 5) is 0. The van der Waals surface area contributed by atoms with Gasteiger partial charge in [-0.25, -0.2) is 0 Å². The molecule has 1 aliphatic rings. The topological polar surface area (TPSA) is 38.7 Å². The van der Waals surface area contributed by atoms with E-state index in [-0.39, 0.29) is 6.29 Å². The van der Waals surface area contributed by atoms with Crippen LogP contribution in [0.25, 0.3) is 0 Å². The Morgan fingerprint density at radius 2 is 2.15 bits per heavy atom. The van der Waals surface area contributed by atoms with E-state index in [9.17, 15) is 5.11 Å². The molecule has 1 fully saturated rings. The maximum Gasteiger partial charge on any atom is 0.158 e. The van der Waals surface area contributed by atoms with Crippen molar-refractivity contribution < 1.29 is 14.6 Å². The van der Waals surface area contributed by atoms with Crippen molar-refractivity contribution in [3.63, 3.8) is 0 Å². The van der Waals surface area contributed by atoms with Gasteiger partial charge < -0.3 is 14.6 Å². The molecule has 1 N–H and O–H groups in total. The predicted octanol–water partition coefficient (Wildman–Crippen LogP) is 1.24. The van der Waals surface area contributed by atoms with E-state index in [0.29, 0.717) is 19.6 Å². The summed E-state index contributed by atoms with van der Waals surface area (Å²) < 4.78 is 10.5. The van der Waals surface area contributed by atoms with Gasteiger partial charge in [-0.1, -0.05) is 12.7 Å². The highest BCUT2D eigenvalue weighted by Crippen LogP contribution is 2.15. The van der Waals surface area contributed by atoms with Gasteiger partial charge in [0.2, 0.25) is 0 Å². The van der Waals surface area contributed by atoms with Crippen LogP contribution in [0, 0.1) is 0 Å². The van der Waals surface area contributed by atoms with Gasteiger partial charge in [0.25, 0.3) is 0 Å². The molecule has 0 saturated carbocycles. The van der Waals surface area contributed by atoms with Crippen LogP contribution in [0.2, 0.25) is 0 Å². The fraction of sp³-hybridized carbons (Fsp3) is 0.600. The summed E-state index contributed by atoms with van der Waals surface area (Å²) in [6.45, 7) is 8.58. The number of hydrogen-bond acceptors (Lipinski definition) is 3. The summed E-state index contributed by atoms with van der Waals surface area (Å²) in [6, 6.07) is 0. The van der Waals surface area contributed by atoms with Crippen LogP contribution in [0.1, 0.15) is 12.8 Å². The highest BCUT2D eigenvalue weighted by Gasteiger charge is 2.16. The molecule has 3 nitrogen and oxygen atoms in total. The monoisotopic (exact) mass is 184 g/mol. The van der Waals surface area contributed by atoms with Crippen LogP contribution in [0.15, 0.2) is 24.8 Å². The average molecular weight is 184 g/mol. The fourth-order valence-electron chi connectivity index (χ4n) is 1.19. The number of rotatable bonds is 5. The van der Waals surface area contributed by atoms with Crippen molar-refractivity contribution in [1.29, 1.82) is 0 Å². The van der Waals surface area contributed by atoms with Crippen molar-refractivity contribution in [3.05, 3.63) is 24.8 Å². The van der Waals surface area contributed by atoms with Gasteiger partial charge in [0.15, 0.2) is 6.29 Å². The molecular formula is C10H16O3. The van der Waals surface area contributed by atoms with Gasteiger partial charge in [-0.2, -0.15) is 0 Å². The van der Waals surface area contributed by atoms with Crippen molar-refractivity contribution in [2.75, 3.05) is 13.2 Å². The summed E-state index contributed by atoms with van der Waals surface area (Å²) in [5.74, 6) is 0. The van der Waals surface area contributed by atoms with Crippen LogP contribution < -0.4 is 0 Å². The molecule has 0 aromatic carbocycles. The second-order valence-electron chi connectivity index (χ2n) is 3.05. The third-order valence-corrected chi connectivity index (χ3v) is 2.03. The van der Waals surface area contributed by atoms with Crippen molar-refractivity contribution in [3.8, 4) is 0 Å². The van der Waals surface area contributed by atoms with E-state index in [1.165, 1.54) is 6.08 Å². The molecule has 1 atom stereocenters. The minimum atomic E-state index is -0.610. The molecule has 0 spiro atoms. The lowest BCUT2D eigenvalue weighted by Gasteiger charge is -2.12. The van der Waals surface area contributed by atoms with Crippen molar-refractivity contribution in [2.24, 2.45) is 0 Å². The average Bonchev–Trinajstić information content (AvgIpc) is 2.65. The van der Waals surface area contributed by atoms with Crippen LogP contribution >= 0.6 is 0 Å². The SMILES string of the molecule is C=CC(O)C(=C)CCC1OCCO1. The molecule has 0 bridgehead atoms. The number of hydrogen-bond donors (Lipinski definition) is 1. The van der Waals surface area contributed by atoms with Crippen LogP contribution in [-0.4, -0.2) is 30.7 Å². The first kappa shape index (κ1) is 10.4. The fourth-order valence-corrected chi connectivity index (χ4v) is 1.19. The van der Waals surface area contributed by atoms with Gasteiger partial charge in [0, 0.05) is 6.42 Å². The zero-order chi connectivity index (χ0) is 9.68. The highest BCUT2D eigenvalue weighted by atomic mass is 16.7. The van der Waals surface area contributed by atoms with E-state index in [4.69, 9.17) is 9.47 Å². The van der Waals surface area contributed by atoms with Crippen molar-refractivity contribution in [1.82, 2.24) is 0 Å². The minimum absolute atomic E-state index is 0.117. The largest absolute Gasteiger partial charge is 0.385 e. The maximum atomic E-state index is 9.30. The van der Waals surface area contributed by atoms with Gasteiger partial charge in [-0.05, 0) is 12.0 Å². The van der Waals surface area contributed by atoms with E-state index in [2.05, 4.69) is 13.2 Å². The maximum absolute atomic E-state index is 9.30. The molecule has 13 heavy (non-hydrogen) atoms.